The Morgan fingerprint density at radius 2 is 2.00 bits per heavy atom. The third-order valence-corrected chi connectivity index (χ3v) is 2.91. The molecule has 0 bridgehead atoms. The van der Waals surface area contributed by atoms with Crippen LogP contribution in [0.2, 0.25) is 0 Å². The van der Waals surface area contributed by atoms with Crippen LogP contribution in [0, 0.1) is 17.8 Å². The van der Waals surface area contributed by atoms with Gasteiger partial charge in [-0.25, -0.2) is 0 Å². The van der Waals surface area contributed by atoms with Gasteiger partial charge in [0.25, 0.3) is 0 Å². The molecule has 3 atom stereocenters. The van der Waals surface area contributed by atoms with E-state index in [4.69, 9.17) is 0 Å². The third-order valence-electron chi connectivity index (χ3n) is 2.91. The lowest BCUT2D eigenvalue weighted by Crippen LogP contribution is -2.44. The van der Waals surface area contributed by atoms with Gasteiger partial charge in [0.1, 0.15) is 0 Å². The van der Waals surface area contributed by atoms with E-state index in [1.807, 2.05) is 0 Å². The van der Waals surface area contributed by atoms with Gasteiger partial charge >= 0.3 is 0 Å². The van der Waals surface area contributed by atoms with E-state index in [0.717, 1.165) is 23.8 Å². The van der Waals surface area contributed by atoms with Crippen LogP contribution in [0.4, 0.5) is 0 Å². The van der Waals surface area contributed by atoms with Crippen molar-refractivity contribution in [1.29, 1.82) is 0 Å². The standard InChI is InChI=1S/C11H23N/c1-8(2)5-11-10(4)6-9(3)7-12-11/h8-12H,5-7H2,1-4H3. The maximum atomic E-state index is 3.65. The number of rotatable bonds is 2. The fourth-order valence-corrected chi connectivity index (χ4v) is 2.26. The molecular formula is C11H23N. The van der Waals surface area contributed by atoms with E-state index >= 15 is 0 Å². The maximum Gasteiger partial charge on any atom is 0.00953 e. The Labute approximate surface area is 76.9 Å². The summed E-state index contributed by atoms with van der Waals surface area (Å²) in [6.07, 6.45) is 2.75. The van der Waals surface area contributed by atoms with Gasteiger partial charge in [-0.05, 0) is 37.1 Å². The Morgan fingerprint density at radius 1 is 1.33 bits per heavy atom. The van der Waals surface area contributed by atoms with Gasteiger partial charge in [-0.15, -0.1) is 0 Å². The van der Waals surface area contributed by atoms with Crippen LogP contribution in [0.25, 0.3) is 0 Å². The molecule has 0 aliphatic carbocycles. The molecule has 1 aliphatic rings. The molecule has 72 valence electrons. The first-order valence-electron chi connectivity index (χ1n) is 5.33. The fraction of sp³-hybridized carbons (Fsp3) is 1.00. The van der Waals surface area contributed by atoms with Crippen LogP contribution < -0.4 is 5.32 Å². The molecule has 1 heteroatoms. The van der Waals surface area contributed by atoms with Gasteiger partial charge in [0.15, 0.2) is 0 Å². The number of piperidine rings is 1. The zero-order valence-electron chi connectivity index (χ0n) is 8.93. The highest BCUT2D eigenvalue weighted by Crippen LogP contribution is 2.24. The SMILES string of the molecule is CC(C)CC1NCC(C)CC1C. The molecule has 1 rings (SSSR count). The van der Waals surface area contributed by atoms with Crippen LogP contribution in [-0.4, -0.2) is 12.6 Å². The van der Waals surface area contributed by atoms with Crippen LogP contribution in [0.1, 0.15) is 40.5 Å². The zero-order chi connectivity index (χ0) is 9.14. The molecule has 0 aromatic rings. The minimum Gasteiger partial charge on any atom is -0.313 e. The van der Waals surface area contributed by atoms with Crippen LogP contribution in [0.15, 0.2) is 0 Å². The zero-order valence-corrected chi connectivity index (χ0v) is 8.93. The highest BCUT2D eigenvalue weighted by molar-refractivity contribution is 4.81. The summed E-state index contributed by atoms with van der Waals surface area (Å²) in [5.74, 6) is 2.58. The van der Waals surface area contributed by atoms with Gasteiger partial charge in [0.05, 0.1) is 0 Å². The smallest absolute Gasteiger partial charge is 0.00953 e. The van der Waals surface area contributed by atoms with Crippen molar-refractivity contribution in [2.45, 2.75) is 46.6 Å². The second kappa shape index (κ2) is 4.27. The molecule has 1 fully saturated rings. The van der Waals surface area contributed by atoms with Crippen LogP contribution >= 0.6 is 0 Å². The van der Waals surface area contributed by atoms with Crippen LogP contribution in [0.3, 0.4) is 0 Å². The van der Waals surface area contributed by atoms with Crippen molar-refractivity contribution >= 4 is 0 Å². The first kappa shape index (κ1) is 10.0. The Morgan fingerprint density at radius 3 is 2.50 bits per heavy atom. The van der Waals surface area contributed by atoms with Crippen molar-refractivity contribution in [3.8, 4) is 0 Å². The lowest BCUT2D eigenvalue weighted by molar-refractivity contribution is 0.219. The van der Waals surface area contributed by atoms with Crippen molar-refractivity contribution in [3.63, 3.8) is 0 Å². The monoisotopic (exact) mass is 169 g/mol. The van der Waals surface area contributed by atoms with Crippen LogP contribution in [-0.2, 0) is 0 Å². The second-order valence-electron chi connectivity index (χ2n) is 4.96. The quantitative estimate of drug-likeness (QED) is 0.670. The van der Waals surface area contributed by atoms with E-state index in [1.54, 1.807) is 0 Å². The van der Waals surface area contributed by atoms with Gasteiger partial charge in [-0.1, -0.05) is 27.7 Å². The van der Waals surface area contributed by atoms with Crippen molar-refractivity contribution in [2.75, 3.05) is 6.54 Å². The highest BCUT2D eigenvalue weighted by Gasteiger charge is 2.24. The van der Waals surface area contributed by atoms with Crippen molar-refractivity contribution in [2.24, 2.45) is 17.8 Å². The molecule has 1 N–H and O–H groups in total. The van der Waals surface area contributed by atoms with E-state index in [2.05, 4.69) is 33.0 Å². The summed E-state index contributed by atoms with van der Waals surface area (Å²) < 4.78 is 0. The van der Waals surface area contributed by atoms with Gasteiger partial charge < -0.3 is 5.32 Å². The molecule has 0 spiro atoms. The summed E-state index contributed by atoms with van der Waals surface area (Å²) >= 11 is 0. The topological polar surface area (TPSA) is 12.0 Å². The predicted octanol–water partition coefficient (Wildman–Crippen LogP) is 2.67. The summed E-state index contributed by atoms with van der Waals surface area (Å²) in [7, 11) is 0. The number of nitrogens with one attached hydrogen (secondary N) is 1. The van der Waals surface area contributed by atoms with Crippen molar-refractivity contribution in [3.05, 3.63) is 0 Å². The summed E-state index contributed by atoms with van der Waals surface area (Å²) in [4.78, 5) is 0. The lowest BCUT2D eigenvalue weighted by Gasteiger charge is -2.34. The summed E-state index contributed by atoms with van der Waals surface area (Å²) in [5, 5.41) is 3.65. The predicted molar refractivity (Wildman–Crippen MR) is 54.2 cm³/mol. The van der Waals surface area contributed by atoms with E-state index in [1.165, 1.54) is 19.4 Å². The van der Waals surface area contributed by atoms with Gasteiger partial charge in [0, 0.05) is 6.04 Å². The molecule has 0 amide bonds. The minimum absolute atomic E-state index is 0.779. The molecule has 3 unspecified atom stereocenters. The van der Waals surface area contributed by atoms with Crippen molar-refractivity contribution in [1.82, 2.24) is 5.32 Å². The van der Waals surface area contributed by atoms with Crippen LogP contribution in [0.5, 0.6) is 0 Å². The molecule has 1 nitrogen and oxygen atoms in total. The Balaban J connectivity index is 2.34. The second-order valence-corrected chi connectivity index (χ2v) is 4.96. The Bertz CT molecular complexity index is 131. The summed E-state index contributed by atoms with van der Waals surface area (Å²) in [6.45, 7) is 10.6. The molecule has 0 aromatic carbocycles. The summed E-state index contributed by atoms with van der Waals surface area (Å²) in [5.41, 5.74) is 0. The molecule has 0 radical (unpaired) electrons. The van der Waals surface area contributed by atoms with E-state index < -0.39 is 0 Å². The third kappa shape index (κ3) is 2.78. The highest BCUT2D eigenvalue weighted by atomic mass is 14.9. The Kier molecular flexibility index (Phi) is 3.57. The van der Waals surface area contributed by atoms with E-state index in [-0.39, 0.29) is 0 Å². The van der Waals surface area contributed by atoms with E-state index in [0.29, 0.717) is 0 Å². The summed E-state index contributed by atoms with van der Waals surface area (Å²) in [6, 6.07) is 0.779. The maximum absolute atomic E-state index is 3.65. The first-order valence-corrected chi connectivity index (χ1v) is 5.33. The normalized spacial score (nSPS) is 37.2. The molecule has 0 saturated carbocycles. The molecule has 0 aromatic heterocycles. The molecule has 1 heterocycles. The van der Waals surface area contributed by atoms with Gasteiger partial charge in [-0.3, -0.25) is 0 Å². The van der Waals surface area contributed by atoms with Crippen molar-refractivity contribution < 1.29 is 0 Å². The molecular weight excluding hydrogens is 146 g/mol. The van der Waals surface area contributed by atoms with Gasteiger partial charge in [-0.2, -0.15) is 0 Å². The van der Waals surface area contributed by atoms with Gasteiger partial charge in [0.2, 0.25) is 0 Å². The molecule has 1 aliphatic heterocycles. The average Bonchev–Trinajstić information content (AvgIpc) is 1.94. The lowest BCUT2D eigenvalue weighted by atomic mass is 9.83. The number of hydrogen-bond donors (Lipinski definition) is 1. The molecule has 1 saturated heterocycles. The van der Waals surface area contributed by atoms with E-state index in [9.17, 15) is 0 Å². The molecule has 12 heavy (non-hydrogen) atoms. The minimum atomic E-state index is 0.779. The number of hydrogen-bond acceptors (Lipinski definition) is 1. The Hall–Kier alpha value is -0.0400. The fourth-order valence-electron chi connectivity index (χ4n) is 2.26. The first-order chi connectivity index (χ1) is 5.59. The largest absolute Gasteiger partial charge is 0.313 e. The average molecular weight is 169 g/mol.